The Morgan fingerprint density at radius 1 is 1.24 bits per heavy atom. The summed E-state index contributed by atoms with van der Waals surface area (Å²) >= 11 is 0. The van der Waals surface area contributed by atoms with Gasteiger partial charge in [0.05, 0.1) is 18.9 Å². The zero-order valence-corrected chi connectivity index (χ0v) is 18.2. The first kappa shape index (κ1) is 22.1. The molecule has 2 atom stereocenters. The topological polar surface area (TPSA) is 97.3 Å². The average Bonchev–Trinajstić information content (AvgIpc) is 2.75. The summed E-state index contributed by atoms with van der Waals surface area (Å²) in [5.74, 6) is 0.585. The Morgan fingerprint density at radius 2 is 2.09 bits per heavy atom. The van der Waals surface area contributed by atoms with Crippen LogP contribution in [-0.4, -0.2) is 64.4 Å². The lowest BCUT2D eigenvalue weighted by Crippen LogP contribution is -2.44. The lowest BCUT2D eigenvalue weighted by molar-refractivity contribution is -0.142. The van der Waals surface area contributed by atoms with E-state index in [-0.39, 0.29) is 25.2 Å². The molecule has 2 aromatic heterocycles. The second-order valence-electron chi connectivity index (χ2n) is 8.73. The van der Waals surface area contributed by atoms with Crippen molar-refractivity contribution in [1.29, 1.82) is 0 Å². The Kier molecular flexibility index (Phi) is 5.95. The molecular weight excluding hydrogens is 439 g/mol. The standard InChI is InChI=1S/C21H26F3N7O2/c1-12-5-15-17(7-25-12)27-11-28-18(15)31-4-2-3-13(8-31)29-20-26-6-16(21(22,23)24)19(30-20)33-14-9-32-10-14/h6,11-14,25H,2-5,7-10H2,1H3,(H,26,29,30)/t12?,13-/m1/s1. The minimum absolute atomic E-state index is 0.0415. The molecule has 1 unspecified atom stereocenters. The molecule has 2 fully saturated rings. The summed E-state index contributed by atoms with van der Waals surface area (Å²) in [5.41, 5.74) is 1.19. The van der Waals surface area contributed by atoms with E-state index >= 15 is 0 Å². The molecule has 0 radical (unpaired) electrons. The van der Waals surface area contributed by atoms with Gasteiger partial charge in [0, 0.05) is 43.5 Å². The summed E-state index contributed by atoms with van der Waals surface area (Å²) in [5, 5.41) is 6.61. The van der Waals surface area contributed by atoms with E-state index in [1.54, 1.807) is 6.33 Å². The molecule has 2 N–H and O–H groups in total. The molecule has 3 aliphatic heterocycles. The van der Waals surface area contributed by atoms with E-state index in [1.165, 1.54) is 0 Å². The van der Waals surface area contributed by atoms with E-state index < -0.39 is 23.7 Å². The molecule has 9 nitrogen and oxygen atoms in total. The van der Waals surface area contributed by atoms with Crippen LogP contribution < -0.4 is 20.3 Å². The third-order valence-corrected chi connectivity index (χ3v) is 6.14. The Bertz CT molecular complexity index is 1000. The van der Waals surface area contributed by atoms with Crippen molar-refractivity contribution in [2.45, 2.75) is 57.1 Å². The Morgan fingerprint density at radius 3 is 2.85 bits per heavy atom. The number of anilines is 2. The molecule has 2 saturated heterocycles. The highest BCUT2D eigenvalue weighted by molar-refractivity contribution is 5.51. The largest absolute Gasteiger partial charge is 0.469 e. The minimum Gasteiger partial charge on any atom is -0.469 e. The van der Waals surface area contributed by atoms with Gasteiger partial charge in [-0.25, -0.2) is 15.0 Å². The minimum atomic E-state index is -4.60. The van der Waals surface area contributed by atoms with E-state index in [4.69, 9.17) is 9.47 Å². The van der Waals surface area contributed by atoms with Crippen molar-refractivity contribution in [3.8, 4) is 5.88 Å². The van der Waals surface area contributed by atoms with Crippen molar-refractivity contribution >= 4 is 11.8 Å². The summed E-state index contributed by atoms with van der Waals surface area (Å²) in [7, 11) is 0. The van der Waals surface area contributed by atoms with Crippen LogP contribution in [0.1, 0.15) is 36.6 Å². The van der Waals surface area contributed by atoms with Crippen LogP contribution in [0, 0.1) is 0 Å². The number of aromatic nitrogens is 4. The zero-order chi connectivity index (χ0) is 23.0. The van der Waals surface area contributed by atoms with Crippen LogP contribution in [0.2, 0.25) is 0 Å². The van der Waals surface area contributed by atoms with E-state index in [0.717, 1.165) is 55.6 Å². The molecule has 0 aromatic carbocycles. The van der Waals surface area contributed by atoms with Crippen molar-refractivity contribution in [1.82, 2.24) is 25.3 Å². The predicted molar refractivity (Wildman–Crippen MR) is 113 cm³/mol. The van der Waals surface area contributed by atoms with Crippen LogP contribution in [0.3, 0.4) is 0 Å². The fraction of sp³-hybridized carbons (Fsp3) is 0.619. The van der Waals surface area contributed by atoms with E-state index in [2.05, 4.69) is 42.4 Å². The zero-order valence-electron chi connectivity index (χ0n) is 18.2. The molecule has 0 saturated carbocycles. The molecule has 0 spiro atoms. The molecule has 33 heavy (non-hydrogen) atoms. The lowest BCUT2D eigenvalue weighted by atomic mass is 9.99. The second-order valence-corrected chi connectivity index (χ2v) is 8.73. The Balaban J connectivity index is 1.32. The first-order valence-electron chi connectivity index (χ1n) is 11.1. The highest BCUT2D eigenvalue weighted by Crippen LogP contribution is 2.36. The van der Waals surface area contributed by atoms with E-state index in [1.807, 2.05) is 0 Å². The third kappa shape index (κ3) is 4.81. The number of fused-ring (bicyclic) bond motifs is 1. The highest BCUT2D eigenvalue weighted by atomic mass is 19.4. The van der Waals surface area contributed by atoms with Crippen LogP contribution >= 0.6 is 0 Å². The molecule has 0 aliphatic carbocycles. The molecule has 2 aromatic rings. The summed E-state index contributed by atoms with van der Waals surface area (Å²) in [6.45, 7) is 4.85. The molecule has 0 amide bonds. The summed E-state index contributed by atoms with van der Waals surface area (Å²) in [6.07, 6.45) is -0.0478. The number of halogens is 3. The predicted octanol–water partition coefficient (Wildman–Crippen LogP) is 2.18. The van der Waals surface area contributed by atoms with Crippen molar-refractivity contribution < 1.29 is 22.6 Å². The Hall–Kier alpha value is -2.73. The van der Waals surface area contributed by atoms with Crippen LogP contribution in [0.15, 0.2) is 12.5 Å². The first-order chi connectivity index (χ1) is 15.9. The number of nitrogens with one attached hydrogen (secondary N) is 2. The van der Waals surface area contributed by atoms with Gasteiger partial charge in [-0.3, -0.25) is 0 Å². The van der Waals surface area contributed by atoms with Crippen molar-refractivity contribution in [2.75, 3.05) is 36.5 Å². The van der Waals surface area contributed by atoms with Crippen LogP contribution in [0.4, 0.5) is 24.9 Å². The number of rotatable bonds is 5. The highest BCUT2D eigenvalue weighted by Gasteiger charge is 2.38. The Labute approximate surface area is 189 Å². The van der Waals surface area contributed by atoms with Crippen molar-refractivity contribution in [2.24, 2.45) is 0 Å². The number of alkyl halides is 3. The number of hydrogen-bond acceptors (Lipinski definition) is 9. The van der Waals surface area contributed by atoms with E-state index in [0.29, 0.717) is 12.6 Å². The van der Waals surface area contributed by atoms with Gasteiger partial charge in [0.25, 0.3) is 0 Å². The molecule has 178 valence electrons. The molecule has 5 rings (SSSR count). The van der Waals surface area contributed by atoms with Gasteiger partial charge in [-0.1, -0.05) is 0 Å². The molecular formula is C21H26F3N7O2. The number of piperidine rings is 1. The number of ether oxygens (including phenoxy) is 2. The normalized spacial score (nSPS) is 23.6. The van der Waals surface area contributed by atoms with Gasteiger partial charge in [0.15, 0.2) is 0 Å². The monoisotopic (exact) mass is 465 g/mol. The number of hydrogen-bond donors (Lipinski definition) is 2. The van der Waals surface area contributed by atoms with Crippen molar-refractivity contribution in [3.63, 3.8) is 0 Å². The van der Waals surface area contributed by atoms with Gasteiger partial charge in [0.2, 0.25) is 11.8 Å². The van der Waals surface area contributed by atoms with Crippen LogP contribution in [-0.2, 0) is 23.9 Å². The fourth-order valence-corrected chi connectivity index (χ4v) is 4.35. The summed E-state index contributed by atoms with van der Waals surface area (Å²) < 4.78 is 50.6. The maximum absolute atomic E-state index is 13.4. The van der Waals surface area contributed by atoms with E-state index in [9.17, 15) is 13.2 Å². The van der Waals surface area contributed by atoms with Gasteiger partial charge < -0.3 is 25.0 Å². The molecule has 0 bridgehead atoms. The second kappa shape index (κ2) is 8.90. The van der Waals surface area contributed by atoms with Gasteiger partial charge in [-0.2, -0.15) is 18.2 Å². The SMILES string of the molecule is CC1Cc2c(ncnc2N2CCC[C@@H](Nc3ncc(C(F)(F)F)c(OC4COC4)n3)C2)CN1. The fourth-order valence-electron chi connectivity index (χ4n) is 4.35. The first-order valence-corrected chi connectivity index (χ1v) is 11.1. The quantitative estimate of drug-likeness (QED) is 0.689. The van der Waals surface area contributed by atoms with Gasteiger partial charge in [-0.15, -0.1) is 0 Å². The van der Waals surface area contributed by atoms with Gasteiger partial charge in [-0.05, 0) is 26.2 Å². The summed E-state index contributed by atoms with van der Waals surface area (Å²) in [6, 6.07) is 0.307. The third-order valence-electron chi connectivity index (χ3n) is 6.14. The van der Waals surface area contributed by atoms with Gasteiger partial charge in [0.1, 0.15) is 23.8 Å². The smallest absolute Gasteiger partial charge is 0.423 e. The maximum Gasteiger partial charge on any atom is 0.423 e. The average molecular weight is 465 g/mol. The maximum atomic E-state index is 13.4. The van der Waals surface area contributed by atoms with Crippen LogP contribution in [0.25, 0.3) is 0 Å². The van der Waals surface area contributed by atoms with Crippen molar-refractivity contribution in [3.05, 3.63) is 29.3 Å². The number of nitrogens with zero attached hydrogens (tertiary/aromatic N) is 5. The van der Waals surface area contributed by atoms with Crippen LogP contribution in [0.5, 0.6) is 5.88 Å². The summed E-state index contributed by atoms with van der Waals surface area (Å²) in [4.78, 5) is 19.2. The molecule has 5 heterocycles. The lowest BCUT2D eigenvalue weighted by Gasteiger charge is -2.36. The molecule has 12 heteroatoms. The molecule has 3 aliphatic rings. The van der Waals surface area contributed by atoms with Gasteiger partial charge >= 0.3 is 6.18 Å².